The molecule has 28 heavy (non-hydrogen) atoms. The van der Waals surface area contributed by atoms with Crippen molar-refractivity contribution in [2.45, 2.75) is 31.7 Å². The highest BCUT2D eigenvalue weighted by molar-refractivity contribution is 5.95. The van der Waals surface area contributed by atoms with Crippen LogP contribution in [0, 0.1) is 17.6 Å². The highest BCUT2D eigenvalue weighted by atomic mass is 35.5. The van der Waals surface area contributed by atoms with Crippen molar-refractivity contribution in [3.63, 3.8) is 0 Å². The van der Waals surface area contributed by atoms with Gasteiger partial charge in [0.25, 0.3) is 5.91 Å². The molecule has 1 heterocycles. The van der Waals surface area contributed by atoms with Crippen molar-refractivity contribution in [1.82, 2.24) is 10.2 Å². The zero-order chi connectivity index (χ0) is 18.8. The number of amides is 1. The molecule has 0 unspecified atom stereocenters. The molecule has 1 aliphatic carbocycles. The number of likely N-dealkylation sites (tertiary alicyclic amines) is 1. The van der Waals surface area contributed by atoms with Crippen LogP contribution < -0.4 is 5.32 Å². The van der Waals surface area contributed by atoms with Crippen molar-refractivity contribution < 1.29 is 13.6 Å². The van der Waals surface area contributed by atoms with E-state index in [2.05, 4.69) is 5.32 Å². The molecule has 2 aliphatic rings. The predicted octanol–water partition coefficient (Wildman–Crippen LogP) is 4.66. The minimum Gasteiger partial charge on any atom is -0.338 e. The second-order valence-corrected chi connectivity index (χ2v) is 7.62. The van der Waals surface area contributed by atoms with Crippen LogP contribution in [0.1, 0.15) is 36.0 Å². The van der Waals surface area contributed by atoms with Gasteiger partial charge in [-0.3, -0.25) is 4.79 Å². The van der Waals surface area contributed by atoms with Gasteiger partial charge >= 0.3 is 0 Å². The molecular weight excluding hydrogens is 382 g/mol. The standard InChI is InChI=1S/C22H24F2N2O.ClH/c23-18-6-3-16(4-7-18)17-5-8-20(21(24)13-17)22(27)26-11-9-19(10-12-26)25-14-15-1-2-15;/h3-8,13,15,19,25H,1-2,9-12,14H2;1H. The van der Waals surface area contributed by atoms with Gasteiger partial charge in [0.1, 0.15) is 11.6 Å². The fourth-order valence-electron chi connectivity index (χ4n) is 3.62. The van der Waals surface area contributed by atoms with Gasteiger partial charge in [0.2, 0.25) is 0 Å². The summed E-state index contributed by atoms with van der Waals surface area (Å²) in [5.74, 6) is -0.269. The van der Waals surface area contributed by atoms with Crippen LogP contribution in [0.3, 0.4) is 0 Å². The Balaban J connectivity index is 0.00000225. The lowest BCUT2D eigenvalue weighted by Crippen LogP contribution is -2.45. The van der Waals surface area contributed by atoms with Crippen LogP contribution in [0.25, 0.3) is 11.1 Å². The summed E-state index contributed by atoms with van der Waals surface area (Å²) in [6.45, 7) is 2.39. The van der Waals surface area contributed by atoms with Crippen molar-refractivity contribution in [2.75, 3.05) is 19.6 Å². The van der Waals surface area contributed by atoms with Crippen molar-refractivity contribution in [1.29, 1.82) is 0 Å². The van der Waals surface area contributed by atoms with E-state index in [0.717, 1.165) is 30.9 Å². The third kappa shape index (κ3) is 4.89. The molecule has 1 saturated heterocycles. The zero-order valence-electron chi connectivity index (χ0n) is 15.7. The highest BCUT2D eigenvalue weighted by Crippen LogP contribution is 2.28. The fraction of sp³-hybridized carbons (Fsp3) is 0.409. The SMILES string of the molecule is Cl.O=C(c1ccc(-c2ccc(F)cc2)cc1F)N1CCC(NCC2CC2)CC1. The Labute approximate surface area is 170 Å². The van der Waals surface area contributed by atoms with Gasteiger partial charge in [-0.05, 0) is 73.5 Å². The molecule has 2 fully saturated rings. The van der Waals surface area contributed by atoms with Crippen LogP contribution in [-0.2, 0) is 0 Å². The summed E-state index contributed by atoms with van der Waals surface area (Å²) < 4.78 is 27.6. The molecule has 0 radical (unpaired) electrons. The molecule has 2 aromatic carbocycles. The smallest absolute Gasteiger partial charge is 0.256 e. The summed E-state index contributed by atoms with van der Waals surface area (Å²) >= 11 is 0. The highest BCUT2D eigenvalue weighted by Gasteiger charge is 2.27. The van der Waals surface area contributed by atoms with Gasteiger partial charge in [0, 0.05) is 19.1 Å². The number of halogens is 3. The Morgan fingerprint density at radius 1 is 0.964 bits per heavy atom. The molecule has 0 aromatic heterocycles. The molecule has 1 aliphatic heterocycles. The molecule has 0 spiro atoms. The monoisotopic (exact) mass is 406 g/mol. The van der Waals surface area contributed by atoms with E-state index < -0.39 is 5.82 Å². The molecule has 150 valence electrons. The maximum atomic E-state index is 14.6. The topological polar surface area (TPSA) is 32.3 Å². The number of rotatable bonds is 5. The van der Waals surface area contributed by atoms with Gasteiger partial charge in [-0.1, -0.05) is 18.2 Å². The molecule has 2 aromatic rings. The van der Waals surface area contributed by atoms with Crippen LogP contribution >= 0.6 is 12.4 Å². The Bertz CT molecular complexity index is 816. The Morgan fingerprint density at radius 3 is 2.21 bits per heavy atom. The summed E-state index contributed by atoms with van der Waals surface area (Å²) in [6.07, 6.45) is 4.48. The number of nitrogens with zero attached hydrogens (tertiary/aromatic N) is 1. The number of benzene rings is 2. The van der Waals surface area contributed by atoms with E-state index in [-0.39, 0.29) is 29.7 Å². The summed E-state index contributed by atoms with van der Waals surface area (Å²) in [7, 11) is 0. The lowest BCUT2D eigenvalue weighted by molar-refractivity contribution is 0.0700. The number of hydrogen-bond donors (Lipinski definition) is 1. The third-order valence-corrected chi connectivity index (χ3v) is 5.55. The first-order valence-electron chi connectivity index (χ1n) is 9.68. The lowest BCUT2D eigenvalue weighted by atomic mass is 10.0. The maximum absolute atomic E-state index is 14.6. The van der Waals surface area contributed by atoms with E-state index in [1.807, 2.05) is 0 Å². The van der Waals surface area contributed by atoms with E-state index in [4.69, 9.17) is 0 Å². The van der Waals surface area contributed by atoms with E-state index in [0.29, 0.717) is 24.7 Å². The van der Waals surface area contributed by atoms with Crippen molar-refractivity contribution in [3.8, 4) is 11.1 Å². The average Bonchev–Trinajstić information content (AvgIpc) is 3.51. The molecular formula is C22H25ClF2N2O. The molecule has 1 N–H and O–H groups in total. The van der Waals surface area contributed by atoms with Gasteiger partial charge in [-0.15, -0.1) is 12.4 Å². The molecule has 3 nitrogen and oxygen atoms in total. The van der Waals surface area contributed by atoms with Crippen molar-refractivity contribution >= 4 is 18.3 Å². The normalized spacial score (nSPS) is 17.3. The zero-order valence-corrected chi connectivity index (χ0v) is 16.5. The number of carbonyl (C=O) groups excluding carboxylic acids is 1. The fourth-order valence-corrected chi connectivity index (χ4v) is 3.62. The van der Waals surface area contributed by atoms with Crippen LogP contribution in [-0.4, -0.2) is 36.5 Å². The number of nitrogens with one attached hydrogen (secondary N) is 1. The van der Waals surface area contributed by atoms with Gasteiger partial charge in [0.15, 0.2) is 0 Å². The first-order chi connectivity index (χ1) is 13.1. The summed E-state index contributed by atoms with van der Waals surface area (Å²) in [5.41, 5.74) is 1.45. The van der Waals surface area contributed by atoms with E-state index in [1.54, 1.807) is 23.1 Å². The largest absolute Gasteiger partial charge is 0.338 e. The average molecular weight is 407 g/mol. The third-order valence-electron chi connectivity index (χ3n) is 5.55. The van der Waals surface area contributed by atoms with E-state index in [9.17, 15) is 13.6 Å². The van der Waals surface area contributed by atoms with Crippen molar-refractivity contribution in [3.05, 3.63) is 59.7 Å². The molecule has 0 atom stereocenters. The Kier molecular flexibility index (Phi) is 6.68. The van der Waals surface area contributed by atoms with Crippen LogP contribution in [0.4, 0.5) is 8.78 Å². The van der Waals surface area contributed by atoms with Crippen LogP contribution in [0.5, 0.6) is 0 Å². The maximum Gasteiger partial charge on any atom is 0.256 e. The van der Waals surface area contributed by atoms with Crippen molar-refractivity contribution in [2.24, 2.45) is 5.92 Å². The first-order valence-corrected chi connectivity index (χ1v) is 9.68. The molecule has 1 amide bonds. The van der Waals surface area contributed by atoms with Crippen LogP contribution in [0.2, 0.25) is 0 Å². The van der Waals surface area contributed by atoms with Gasteiger partial charge < -0.3 is 10.2 Å². The Morgan fingerprint density at radius 2 is 1.61 bits per heavy atom. The molecule has 6 heteroatoms. The first kappa shape index (κ1) is 20.7. The number of piperidine rings is 1. The molecule has 1 saturated carbocycles. The predicted molar refractivity (Wildman–Crippen MR) is 109 cm³/mol. The Hall–Kier alpha value is -1.98. The number of hydrogen-bond acceptors (Lipinski definition) is 2. The second kappa shape index (κ2) is 9.01. The summed E-state index contributed by atoms with van der Waals surface area (Å²) in [6, 6.07) is 10.9. The summed E-state index contributed by atoms with van der Waals surface area (Å²) in [4.78, 5) is 14.5. The van der Waals surface area contributed by atoms with Crippen LogP contribution in [0.15, 0.2) is 42.5 Å². The second-order valence-electron chi connectivity index (χ2n) is 7.62. The minimum absolute atomic E-state index is 0. The lowest BCUT2D eigenvalue weighted by Gasteiger charge is -2.32. The van der Waals surface area contributed by atoms with Gasteiger partial charge in [-0.25, -0.2) is 8.78 Å². The van der Waals surface area contributed by atoms with E-state index >= 15 is 0 Å². The minimum atomic E-state index is -0.532. The van der Waals surface area contributed by atoms with Gasteiger partial charge in [0.05, 0.1) is 5.56 Å². The number of carbonyl (C=O) groups is 1. The summed E-state index contributed by atoms with van der Waals surface area (Å²) in [5, 5.41) is 3.59. The molecule has 0 bridgehead atoms. The van der Waals surface area contributed by atoms with Gasteiger partial charge in [-0.2, -0.15) is 0 Å². The van der Waals surface area contributed by atoms with E-state index in [1.165, 1.54) is 37.1 Å². The molecule has 4 rings (SSSR count). The quantitative estimate of drug-likeness (QED) is 0.783.